The highest BCUT2D eigenvalue weighted by Gasteiger charge is 2.24. The maximum atomic E-state index is 12.8. The van der Waals surface area contributed by atoms with E-state index in [0.717, 1.165) is 0 Å². The standard InChI is InChI=1S/C19H24N6O2/c1-19(2,3)23-16(26)15-13-14(5-8-20-15)17(27)24-9-11-25(12-10-24)18-21-6-4-7-22-18/h4-8,13H,9-12H2,1-3H3,(H,23,26). The van der Waals surface area contributed by atoms with Crippen LogP contribution >= 0.6 is 0 Å². The molecule has 3 rings (SSSR count). The quantitative estimate of drug-likeness (QED) is 0.880. The minimum atomic E-state index is -0.366. The molecule has 2 amide bonds. The highest BCUT2D eigenvalue weighted by Crippen LogP contribution is 2.13. The number of nitrogens with one attached hydrogen (secondary N) is 1. The maximum Gasteiger partial charge on any atom is 0.270 e. The summed E-state index contributed by atoms with van der Waals surface area (Å²) in [6.07, 6.45) is 4.92. The van der Waals surface area contributed by atoms with Gasteiger partial charge in [-0.05, 0) is 39.0 Å². The smallest absolute Gasteiger partial charge is 0.270 e. The molecule has 142 valence electrons. The maximum absolute atomic E-state index is 12.8. The fraction of sp³-hybridized carbons (Fsp3) is 0.421. The molecule has 2 aromatic heterocycles. The molecule has 1 N–H and O–H groups in total. The topological polar surface area (TPSA) is 91.3 Å². The van der Waals surface area contributed by atoms with Crippen molar-refractivity contribution in [1.29, 1.82) is 0 Å². The van der Waals surface area contributed by atoms with Crippen molar-refractivity contribution in [2.75, 3.05) is 31.1 Å². The second-order valence-electron chi connectivity index (χ2n) is 7.46. The summed E-state index contributed by atoms with van der Waals surface area (Å²) in [6.45, 7) is 8.17. The zero-order chi connectivity index (χ0) is 19.4. The van der Waals surface area contributed by atoms with Crippen LogP contribution in [0.4, 0.5) is 5.95 Å². The van der Waals surface area contributed by atoms with Crippen LogP contribution < -0.4 is 10.2 Å². The second kappa shape index (κ2) is 7.69. The van der Waals surface area contributed by atoms with Crippen LogP contribution in [0.2, 0.25) is 0 Å². The van der Waals surface area contributed by atoms with Gasteiger partial charge in [-0.25, -0.2) is 9.97 Å². The number of nitrogens with zero attached hydrogens (tertiary/aromatic N) is 5. The molecular weight excluding hydrogens is 344 g/mol. The first-order valence-electron chi connectivity index (χ1n) is 8.93. The average molecular weight is 368 g/mol. The predicted octanol–water partition coefficient (Wildman–Crippen LogP) is 1.36. The molecule has 3 heterocycles. The van der Waals surface area contributed by atoms with Crippen LogP contribution in [0, 0.1) is 0 Å². The summed E-state index contributed by atoms with van der Waals surface area (Å²) >= 11 is 0. The lowest BCUT2D eigenvalue weighted by Gasteiger charge is -2.34. The van der Waals surface area contributed by atoms with Gasteiger partial charge in [0.1, 0.15) is 5.69 Å². The Bertz CT molecular complexity index is 810. The molecule has 0 radical (unpaired) electrons. The number of pyridine rings is 1. The first-order valence-corrected chi connectivity index (χ1v) is 8.93. The number of carbonyl (C=O) groups excluding carboxylic acids is 2. The molecule has 2 aromatic rings. The first-order chi connectivity index (χ1) is 12.8. The van der Waals surface area contributed by atoms with Gasteiger partial charge in [-0.3, -0.25) is 14.6 Å². The molecule has 0 spiro atoms. The Morgan fingerprint density at radius 1 is 1.00 bits per heavy atom. The number of amides is 2. The average Bonchev–Trinajstić information content (AvgIpc) is 2.67. The molecule has 1 aliphatic rings. The Morgan fingerprint density at radius 2 is 1.67 bits per heavy atom. The lowest BCUT2D eigenvalue weighted by molar-refractivity contribution is 0.0746. The molecule has 1 saturated heterocycles. The molecule has 0 unspecified atom stereocenters. The Labute approximate surface area is 158 Å². The Morgan fingerprint density at radius 3 is 2.30 bits per heavy atom. The third-order valence-electron chi connectivity index (χ3n) is 4.13. The van der Waals surface area contributed by atoms with Gasteiger partial charge in [-0.15, -0.1) is 0 Å². The van der Waals surface area contributed by atoms with Crippen molar-refractivity contribution < 1.29 is 9.59 Å². The highest BCUT2D eigenvalue weighted by atomic mass is 16.2. The van der Waals surface area contributed by atoms with Crippen LogP contribution in [0.3, 0.4) is 0 Å². The third kappa shape index (κ3) is 4.78. The second-order valence-corrected chi connectivity index (χ2v) is 7.46. The number of carbonyl (C=O) groups is 2. The Balaban J connectivity index is 1.65. The first kappa shape index (κ1) is 18.8. The van der Waals surface area contributed by atoms with E-state index >= 15 is 0 Å². The van der Waals surface area contributed by atoms with Crippen LogP contribution in [0.5, 0.6) is 0 Å². The van der Waals surface area contributed by atoms with Crippen molar-refractivity contribution in [3.8, 4) is 0 Å². The summed E-state index contributed by atoms with van der Waals surface area (Å²) in [5.74, 6) is 0.286. The summed E-state index contributed by atoms with van der Waals surface area (Å²) < 4.78 is 0. The van der Waals surface area contributed by atoms with Crippen LogP contribution in [-0.2, 0) is 0 Å². The summed E-state index contributed by atoms with van der Waals surface area (Å²) in [7, 11) is 0. The van der Waals surface area contributed by atoms with Gasteiger partial charge < -0.3 is 15.1 Å². The number of piperazine rings is 1. The van der Waals surface area contributed by atoms with Gasteiger partial charge in [0.05, 0.1) is 0 Å². The van der Waals surface area contributed by atoms with Crippen LogP contribution in [-0.4, -0.2) is 63.4 Å². The van der Waals surface area contributed by atoms with E-state index in [9.17, 15) is 9.59 Å². The van der Waals surface area contributed by atoms with E-state index in [4.69, 9.17) is 0 Å². The number of rotatable bonds is 3. The molecule has 0 atom stereocenters. The van der Waals surface area contributed by atoms with Gasteiger partial charge in [0.2, 0.25) is 5.95 Å². The number of hydrogen-bond donors (Lipinski definition) is 1. The molecule has 0 bridgehead atoms. The van der Waals surface area contributed by atoms with Gasteiger partial charge in [0.25, 0.3) is 11.8 Å². The molecule has 1 aliphatic heterocycles. The van der Waals surface area contributed by atoms with Crippen LogP contribution in [0.25, 0.3) is 0 Å². The molecule has 0 aliphatic carbocycles. The van der Waals surface area contributed by atoms with Gasteiger partial charge in [0, 0.05) is 55.9 Å². The largest absolute Gasteiger partial charge is 0.346 e. The Hall–Kier alpha value is -3.03. The summed E-state index contributed by atoms with van der Waals surface area (Å²) in [6, 6.07) is 4.97. The lowest BCUT2D eigenvalue weighted by Crippen LogP contribution is -2.49. The SMILES string of the molecule is CC(C)(C)NC(=O)c1cc(C(=O)N2CCN(c3ncccn3)CC2)ccn1. The van der Waals surface area contributed by atoms with Gasteiger partial charge >= 0.3 is 0 Å². The fourth-order valence-electron chi connectivity index (χ4n) is 2.84. The predicted molar refractivity (Wildman–Crippen MR) is 102 cm³/mol. The van der Waals surface area contributed by atoms with E-state index in [-0.39, 0.29) is 23.0 Å². The van der Waals surface area contributed by atoms with E-state index in [1.54, 1.807) is 35.5 Å². The lowest BCUT2D eigenvalue weighted by atomic mass is 10.1. The van der Waals surface area contributed by atoms with Gasteiger partial charge in [-0.1, -0.05) is 0 Å². The number of anilines is 1. The zero-order valence-electron chi connectivity index (χ0n) is 15.8. The van der Waals surface area contributed by atoms with Crippen molar-refractivity contribution in [2.45, 2.75) is 26.3 Å². The minimum absolute atomic E-state index is 0.101. The molecule has 1 fully saturated rings. The van der Waals surface area contributed by atoms with Crippen LogP contribution in [0.15, 0.2) is 36.8 Å². The summed E-state index contributed by atoms with van der Waals surface area (Å²) in [5, 5.41) is 2.86. The normalized spacial score (nSPS) is 14.8. The fourth-order valence-corrected chi connectivity index (χ4v) is 2.84. The molecular formula is C19H24N6O2. The highest BCUT2D eigenvalue weighted by molar-refractivity contribution is 5.98. The van der Waals surface area contributed by atoms with Crippen molar-refractivity contribution >= 4 is 17.8 Å². The van der Waals surface area contributed by atoms with Crippen molar-refractivity contribution in [3.05, 3.63) is 48.0 Å². The molecule has 0 aromatic carbocycles. The molecule has 27 heavy (non-hydrogen) atoms. The molecule has 8 heteroatoms. The van der Waals surface area contributed by atoms with E-state index in [1.807, 2.05) is 20.8 Å². The van der Waals surface area contributed by atoms with Crippen LogP contribution in [0.1, 0.15) is 41.6 Å². The van der Waals surface area contributed by atoms with Gasteiger partial charge in [-0.2, -0.15) is 0 Å². The number of hydrogen-bond acceptors (Lipinski definition) is 6. The Kier molecular flexibility index (Phi) is 5.34. The summed E-state index contributed by atoms with van der Waals surface area (Å²) in [4.78, 5) is 41.5. The zero-order valence-corrected chi connectivity index (χ0v) is 15.8. The van der Waals surface area contributed by atoms with Crippen molar-refractivity contribution in [3.63, 3.8) is 0 Å². The van der Waals surface area contributed by atoms with Crippen molar-refractivity contribution in [2.24, 2.45) is 0 Å². The summed E-state index contributed by atoms with van der Waals surface area (Å²) in [5.41, 5.74) is 0.342. The van der Waals surface area contributed by atoms with E-state index in [2.05, 4.69) is 25.2 Å². The minimum Gasteiger partial charge on any atom is -0.346 e. The number of aromatic nitrogens is 3. The van der Waals surface area contributed by atoms with E-state index in [1.165, 1.54) is 6.20 Å². The molecule has 8 nitrogen and oxygen atoms in total. The van der Waals surface area contributed by atoms with E-state index in [0.29, 0.717) is 37.7 Å². The third-order valence-corrected chi connectivity index (χ3v) is 4.13. The molecule has 0 saturated carbocycles. The monoisotopic (exact) mass is 368 g/mol. The van der Waals surface area contributed by atoms with E-state index < -0.39 is 0 Å². The van der Waals surface area contributed by atoms with Crippen molar-refractivity contribution in [1.82, 2.24) is 25.2 Å². The van der Waals surface area contributed by atoms with Gasteiger partial charge in [0.15, 0.2) is 0 Å².